The van der Waals surface area contributed by atoms with Crippen molar-refractivity contribution in [3.05, 3.63) is 17.5 Å². The van der Waals surface area contributed by atoms with Crippen LogP contribution in [0, 0.1) is 6.92 Å². The number of carbonyl (C=O) groups is 1. The van der Waals surface area contributed by atoms with E-state index in [9.17, 15) is 4.79 Å². The van der Waals surface area contributed by atoms with Gasteiger partial charge in [0.1, 0.15) is 0 Å². The summed E-state index contributed by atoms with van der Waals surface area (Å²) in [6.45, 7) is 3.39. The molecule has 5 heteroatoms. The molecule has 15 heavy (non-hydrogen) atoms. The van der Waals surface area contributed by atoms with E-state index >= 15 is 0 Å². The zero-order valence-corrected chi connectivity index (χ0v) is 9.10. The van der Waals surface area contributed by atoms with Gasteiger partial charge in [-0.05, 0) is 13.3 Å². The maximum atomic E-state index is 11.6. The minimum Gasteiger partial charge on any atom is -0.337 e. The predicted molar refractivity (Wildman–Crippen MR) is 56.0 cm³/mol. The van der Waals surface area contributed by atoms with Crippen molar-refractivity contribution in [3.8, 4) is 0 Å². The molecule has 1 unspecified atom stereocenters. The van der Waals surface area contributed by atoms with Crippen LogP contribution in [0.4, 0.5) is 0 Å². The van der Waals surface area contributed by atoms with Crippen molar-refractivity contribution in [2.24, 2.45) is 12.8 Å². The molecule has 5 nitrogen and oxygen atoms in total. The van der Waals surface area contributed by atoms with Crippen molar-refractivity contribution in [1.82, 2.24) is 14.7 Å². The number of hydrogen-bond donors (Lipinski definition) is 1. The van der Waals surface area contributed by atoms with Crippen LogP contribution in [0.25, 0.3) is 0 Å². The molecule has 0 aliphatic carbocycles. The molecule has 1 fully saturated rings. The van der Waals surface area contributed by atoms with Crippen LogP contribution in [-0.2, 0) is 18.4 Å². The van der Waals surface area contributed by atoms with Gasteiger partial charge in [0.05, 0.1) is 12.2 Å². The van der Waals surface area contributed by atoms with Crippen LogP contribution in [0.3, 0.4) is 0 Å². The van der Waals surface area contributed by atoms with E-state index in [-0.39, 0.29) is 11.9 Å². The lowest BCUT2D eigenvalue weighted by Crippen LogP contribution is -2.33. The van der Waals surface area contributed by atoms with Crippen molar-refractivity contribution in [3.63, 3.8) is 0 Å². The van der Waals surface area contributed by atoms with E-state index in [4.69, 9.17) is 5.73 Å². The molecule has 2 N–H and O–H groups in total. The molecule has 2 heterocycles. The molecule has 0 aromatic carbocycles. The first-order valence-electron chi connectivity index (χ1n) is 5.11. The summed E-state index contributed by atoms with van der Waals surface area (Å²) in [7, 11) is 1.90. The van der Waals surface area contributed by atoms with Crippen LogP contribution in [0.2, 0.25) is 0 Å². The molecule has 1 aliphatic rings. The third-order valence-electron chi connectivity index (χ3n) is 3.04. The van der Waals surface area contributed by atoms with Gasteiger partial charge in [0.15, 0.2) is 0 Å². The first-order chi connectivity index (χ1) is 7.09. The van der Waals surface area contributed by atoms with Gasteiger partial charge in [-0.2, -0.15) is 5.10 Å². The number of nitrogens with zero attached hydrogens (tertiary/aromatic N) is 3. The van der Waals surface area contributed by atoms with Gasteiger partial charge < -0.3 is 10.6 Å². The molecule has 0 bridgehead atoms. The summed E-state index contributed by atoms with van der Waals surface area (Å²) in [4.78, 5) is 13.4. The molecule has 1 saturated heterocycles. The monoisotopic (exact) mass is 208 g/mol. The first-order valence-corrected chi connectivity index (χ1v) is 5.11. The van der Waals surface area contributed by atoms with Crippen molar-refractivity contribution in [2.75, 3.05) is 6.54 Å². The van der Waals surface area contributed by atoms with Gasteiger partial charge in [0.25, 0.3) is 0 Å². The van der Waals surface area contributed by atoms with E-state index in [0.717, 1.165) is 24.2 Å². The fourth-order valence-corrected chi connectivity index (χ4v) is 1.83. The molecular weight excluding hydrogens is 192 g/mol. The Morgan fingerprint density at radius 2 is 2.40 bits per heavy atom. The largest absolute Gasteiger partial charge is 0.337 e. The second-order valence-corrected chi connectivity index (χ2v) is 4.03. The highest BCUT2D eigenvalue weighted by molar-refractivity contribution is 5.83. The lowest BCUT2D eigenvalue weighted by molar-refractivity contribution is -0.129. The summed E-state index contributed by atoms with van der Waals surface area (Å²) in [5, 5.41) is 4.15. The maximum absolute atomic E-state index is 11.6. The third kappa shape index (κ3) is 1.74. The summed E-state index contributed by atoms with van der Waals surface area (Å²) in [6.07, 6.45) is 2.57. The highest BCUT2D eigenvalue weighted by atomic mass is 16.2. The Labute approximate surface area is 88.8 Å². The Kier molecular flexibility index (Phi) is 2.48. The number of nitrogens with two attached hydrogens (primary N) is 1. The highest BCUT2D eigenvalue weighted by Crippen LogP contribution is 2.15. The average molecular weight is 208 g/mol. The summed E-state index contributed by atoms with van der Waals surface area (Å²) < 4.78 is 1.82. The van der Waals surface area contributed by atoms with Gasteiger partial charge in [-0.15, -0.1) is 0 Å². The number of aromatic nitrogens is 2. The van der Waals surface area contributed by atoms with E-state index in [0.29, 0.717) is 6.54 Å². The van der Waals surface area contributed by atoms with Crippen LogP contribution in [-0.4, -0.2) is 33.2 Å². The van der Waals surface area contributed by atoms with Gasteiger partial charge in [0, 0.05) is 31.4 Å². The molecule has 82 valence electrons. The molecule has 0 saturated carbocycles. The van der Waals surface area contributed by atoms with Gasteiger partial charge in [0.2, 0.25) is 5.91 Å². The molecule has 1 aromatic rings. The Morgan fingerprint density at radius 1 is 1.67 bits per heavy atom. The SMILES string of the molecule is Cc1c(CN2CCC(N)C2=O)cnn1C. The van der Waals surface area contributed by atoms with E-state index in [1.54, 1.807) is 4.90 Å². The quantitative estimate of drug-likeness (QED) is 0.731. The summed E-state index contributed by atoms with van der Waals surface area (Å²) in [5.74, 6) is 0.0539. The number of likely N-dealkylation sites (tertiary alicyclic amines) is 1. The van der Waals surface area contributed by atoms with Gasteiger partial charge in [-0.25, -0.2) is 0 Å². The summed E-state index contributed by atoms with van der Waals surface area (Å²) >= 11 is 0. The van der Waals surface area contributed by atoms with E-state index in [2.05, 4.69) is 5.10 Å². The van der Waals surface area contributed by atoms with E-state index < -0.39 is 0 Å². The predicted octanol–water partition coefficient (Wildman–Crippen LogP) is -0.212. The second kappa shape index (κ2) is 3.66. The fourth-order valence-electron chi connectivity index (χ4n) is 1.83. The van der Waals surface area contributed by atoms with Crippen LogP contribution in [0.1, 0.15) is 17.7 Å². The lowest BCUT2D eigenvalue weighted by atomic mass is 10.2. The van der Waals surface area contributed by atoms with Crippen molar-refractivity contribution < 1.29 is 4.79 Å². The molecule has 0 spiro atoms. The zero-order valence-electron chi connectivity index (χ0n) is 9.10. The Morgan fingerprint density at radius 3 is 2.87 bits per heavy atom. The number of amides is 1. The molecule has 0 radical (unpaired) electrons. The zero-order chi connectivity index (χ0) is 11.0. The normalized spacial score (nSPS) is 21.4. The van der Waals surface area contributed by atoms with Gasteiger partial charge in [-0.3, -0.25) is 9.48 Å². The molecule has 1 aromatic heterocycles. The standard InChI is InChI=1S/C10H16N4O/c1-7-8(5-12-13(7)2)6-14-4-3-9(11)10(14)15/h5,9H,3-4,6,11H2,1-2H3. The van der Waals surface area contributed by atoms with Crippen molar-refractivity contribution >= 4 is 5.91 Å². The van der Waals surface area contributed by atoms with E-state index in [1.165, 1.54) is 0 Å². The number of carbonyl (C=O) groups excluding carboxylic acids is 1. The topological polar surface area (TPSA) is 64.2 Å². The first kappa shape index (κ1) is 10.2. The van der Waals surface area contributed by atoms with Crippen molar-refractivity contribution in [2.45, 2.75) is 25.9 Å². The average Bonchev–Trinajstić information content (AvgIpc) is 2.68. The van der Waals surface area contributed by atoms with Crippen molar-refractivity contribution in [1.29, 1.82) is 0 Å². The Balaban J connectivity index is 2.10. The maximum Gasteiger partial charge on any atom is 0.239 e. The summed E-state index contributed by atoms with van der Waals surface area (Å²) in [5.41, 5.74) is 7.85. The molecular formula is C10H16N4O. The minimum atomic E-state index is -0.304. The van der Waals surface area contributed by atoms with Crippen LogP contribution < -0.4 is 5.73 Å². The molecule has 1 aliphatic heterocycles. The number of hydrogen-bond acceptors (Lipinski definition) is 3. The van der Waals surface area contributed by atoms with Gasteiger partial charge >= 0.3 is 0 Å². The van der Waals surface area contributed by atoms with E-state index in [1.807, 2.05) is 24.9 Å². The van der Waals surface area contributed by atoms with Gasteiger partial charge in [-0.1, -0.05) is 0 Å². The minimum absolute atomic E-state index is 0.0539. The Hall–Kier alpha value is -1.36. The summed E-state index contributed by atoms with van der Waals surface area (Å²) in [6, 6.07) is -0.304. The second-order valence-electron chi connectivity index (χ2n) is 4.03. The fraction of sp³-hybridized carbons (Fsp3) is 0.600. The van der Waals surface area contributed by atoms with Crippen LogP contribution in [0.5, 0.6) is 0 Å². The third-order valence-corrected chi connectivity index (χ3v) is 3.04. The van der Waals surface area contributed by atoms with Crippen LogP contribution in [0.15, 0.2) is 6.20 Å². The number of rotatable bonds is 2. The smallest absolute Gasteiger partial charge is 0.239 e. The lowest BCUT2D eigenvalue weighted by Gasteiger charge is -2.15. The highest BCUT2D eigenvalue weighted by Gasteiger charge is 2.28. The number of aryl methyl sites for hydroxylation is 1. The van der Waals surface area contributed by atoms with Crippen LogP contribution >= 0.6 is 0 Å². The molecule has 1 atom stereocenters. The Bertz CT molecular complexity index is 385. The molecule has 1 amide bonds. The molecule has 2 rings (SSSR count).